The second-order valence-corrected chi connectivity index (χ2v) is 8.53. The molecule has 10 heteroatoms. The Morgan fingerprint density at radius 1 is 1.15 bits per heavy atom. The first-order valence-corrected chi connectivity index (χ1v) is 11.3. The van der Waals surface area contributed by atoms with Gasteiger partial charge in [-0.05, 0) is 69.2 Å². The number of carbonyl (C=O) groups excluding carboxylic acids is 1. The van der Waals surface area contributed by atoms with Crippen LogP contribution in [-0.2, 0) is 17.5 Å². The fraction of sp³-hybridized carbons (Fsp3) is 0.348. The molecule has 0 bridgehead atoms. The van der Waals surface area contributed by atoms with E-state index in [9.17, 15) is 18.0 Å². The van der Waals surface area contributed by atoms with Gasteiger partial charge in [0.05, 0.1) is 11.3 Å². The van der Waals surface area contributed by atoms with Crippen LogP contribution in [0.4, 0.5) is 18.9 Å². The van der Waals surface area contributed by atoms with Crippen LogP contribution in [0.2, 0.25) is 0 Å². The summed E-state index contributed by atoms with van der Waals surface area (Å²) in [6.45, 7) is 8.38. The molecule has 2 aromatic carbocycles. The number of carbonyl (C=O) groups is 1. The summed E-state index contributed by atoms with van der Waals surface area (Å²) in [5.41, 5.74) is 1.46. The van der Waals surface area contributed by atoms with E-state index in [1.165, 1.54) is 12.1 Å². The van der Waals surface area contributed by atoms with Crippen molar-refractivity contribution in [3.8, 4) is 5.75 Å². The number of nitrogens with one attached hydrogen (secondary N) is 1. The van der Waals surface area contributed by atoms with Gasteiger partial charge in [0.25, 0.3) is 0 Å². The zero-order valence-electron chi connectivity index (χ0n) is 18.7. The molecular weight excluding hydrogens is 453 g/mol. The minimum Gasteiger partial charge on any atom is -0.483 e. The Morgan fingerprint density at radius 2 is 1.85 bits per heavy atom. The Hall–Kier alpha value is -3.01. The third kappa shape index (κ3) is 6.50. The van der Waals surface area contributed by atoms with Gasteiger partial charge in [0.2, 0.25) is 5.91 Å². The number of aryl methyl sites for hydroxylation is 2. The van der Waals surface area contributed by atoms with Crippen molar-refractivity contribution in [3.63, 3.8) is 0 Å². The van der Waals surface area contributed by atoms with Crippen molar-refractivity contribution < 1.29 is 22.7 Å². The first-order valence-electron chi connectivity index (χ1n) is 10.3. The molecule has 1 amide bonds. The van der Waals surface area contributed by atoms with Crippen molar-refractivity contribution in [1.29, 1.82) is 0 Å². The molecule has 1 atom stereocenters. The summed E-state index contributed by atoms with van der Waals surface area (Å²) in [4.78, 5) is 12.3. The van der Waals surface area contributed by atoms with Crippen molar-refractivity contribution in [2.24, 2.45) is 0 Å². The first-order chi connectivity index (χ1) is 15.6. The van der Waals surface area contributed by atoms with Crippen molar-refractivity contribution in [3.05, 3.63) is 65.0 Å². The van der Waals surface area contributed by atoms with E-state index < -0.39 is 17.6 Å². The number of benzene rings is 2. The number of halogens is 3. The molecule has 1 N–H and O–H groups in total. The van der Waals surface area contributed by atoms with Crippen molar-refractivity contribution in [2.45, 2.75) is 51.7 Å². The highest BCUT2D eigenvalue weighted by molar-refractivity contribution is 7.99. The highest BCUT2D eigenvalue weighted by Crippen LogP contribution is 2.31. The topological polar surface area (TPSA) is 69.0 Å². The standard InChI is InChI=1S/C23H25F3N4O2S/c1-5-30-21(16(4)32-19-10-14(2)9-15(3)11-19)28-29-22(30)33-13-20(31)27-18-8-6-7-17(12-18)23(24,25)26/h6-12,16H,5,13H2,1-4H3,(H,27,31). The van der Waals surface area contributed by atoms with Gasteiger partial charge in [0, 0.05) is 12.2 Å². The summed E-state index contributed by atoms with van der Waals surface area (Å²) >= 11 is 1.16. The van der Waals surface area contributed by atoms with E-state index in [1.807, 2.05) is 44.4 Å². The molecular formula is C23H25F3N4O2S. The molecule has 0 saturated heterocycles. The Morgan fingerprint density at radius 3 is 2.48 bits per heavy atom. The number of hydrogen-bond donors (Lipinski definition) is 1. The van der Waals surface area contributed by atoms with Crippen LogP contribution in [0, 0.1) is 13.8 Å². The van der Waals surface area contributed by atoms with E-state index in [2.05, 4.69) is 21.6 Å². The van der Waals surface area contributed by atoms with E-state index in [1.54, 1.807) is 0 Å². The van der Waals surface area contributed by atoms with Crippen LogP contribution in [0.1, 0.15) is 42.5 Å². The maximum Gasteiger partial charge on any atom is 0.416 e. The maximum atomic E-state index is 12.9. The number of ether oxygens (including phenoxy) is 1. The van der Waals surface area contributed by atoms with Gasteiger partial charge in [0.1, 0.15) is 5.75 Å². The van der Waals surface area contributed by atoms with E-state index in [4.69, 9.17) is 4.74 Å². The van der Waals surface area contributed by atoms with E-state index >= 15 is 0 Å². The lowest BCUT2D eigenvalue weighted by atomic mass is 10.1. The minimum absolute atomic E-state index is 0.0271. The lowest BCUT2D eigenvalue weighted by Gasteiger charge is -2.16. The van der Waals surface area contributed by atoms with E-state index in [0.29, 0.717) is 17.5 Å². The van der Waals surface area contributed by atoms with Crippen LogP contribution in [0.5, 0.6) is 5.75 Å². The number of nitrogens with zero attached hydrogens (tertiary/aromatic N) is 3. The van der Waals surface area contributed by atoms with Crippen LogP contribution in [0.15, 0.2) is 47.6 Å². The molecule has 0 fully saturated rings. The van der Waals surface area contributed by atoms with Crippen molar-refractivity contribution in [2.75, 3.05) is 11.1 Å². The highest BCUT2D eigenvalue weighted by Gasteiger charge is 2.30. The molecule has 0 aliphatic rings. The lowest BCUT2D eigenvalue weighted by molar-refractivity contribution is -0.137. The van der Waals surface area contributed by atoms with E-state index in [-0.39, 0.29) is 17.5 Å². The van der Waals surface area contributed by atoms with Crippen molar-refractivity contribution in [1.82, 2.24) is 14.8 Å². The smallest absolute Gasteiger partial charge is 0.416 e. The Bertz CT molecular complexity index is 1110. The average molecular weight is 479 g/mol. The monoisotopic (exact) mass is 478 g/mol. The Kier molecular flexibility index (Phi) is 7.68. The predicted octanol–water partition coefficient (Wildman–Crippen LogP) is 5.80. The summed E-state index contributed by atoms with van der Waals surface area (Å²) in [5.74, 6) is 0.893. The van der Waals surface area contributed by atoms with Crippen LogP contribution < -0.4 is 10.1 Å². The third-order valence-corrected chi connectivity index (χ3v) is 5.71. The zero-order valence-corrected chi connectivity index (χ0v) is 19.5. The molecule has 3 aromatic rings. The number of aromatic nitrogens is 3. The highest BCUT2D eigenvalue weighted by atomic mass is 32.2. The van der Waals surface area contributed by atoms with Gasteiger partial charge in [-0.1, -0.05) is 23.9 Å². The molecule has 0 spiro atoms. The van der Waals surface area contributed by atoms with E-state index in [0.717, 1.165) is 40.8 Å². The number of anilines is 1. The molecule has 1 unspecified atom stereocenters. The van der Waals surface area contributed by atoms with Gasteiger partial charge in [-0.2, -0.15) is 13.2 Å². The Balaban J connectivity index is 1.64. The molecule has 176 valence electrons. The number of alkyl halides is 3. The van der Waals surface area contributed by atoms with Crippen LogP contribution in [0.3, 0.4) is 0 Å². The number of hydrogen-bond acceptors (Lipinski definition) is 5. The largest absolute Gasteiger partial charge is 0.483 e. The molecule has 3 rings (SSSR count). The van der Waals surface area contributed by atoms with Gasteiger partial charge in [0.15, 0.2) is 17.1 Å². The molecule has 6 nitrogen and oxygen atoms in total. The lowest BCUT2D eigenvalue weighted by Crippen LogP contribution is -2.16. The Labute approximate surface area is 194 Å². The fourth-order valence-corrected chi connectivity index (χ4v) is 4.17. The van der Waals surface area contributed by atoms with Gasteiger partial charge >= 0.3 is 6.18 Å². The minimum atomic E-state index is -4.47. The average Bonchev–Trinajstić information content (AvgIpc) is 3.14. The fourth-order valence-electron chi connectivity index (χ4n) is 3.36. The summed E-state index contributed by atoms with van der Waals surface area (Å²) in [6, 6.07) is 10.5. The molecule has 0 aliphatic heterocycles. The molecule has 33 heavy (non-hydrogen) atoms. The molecule has 1 aromatic heterocycles. The molecule has 0 saturated carbocycles. The number of thioether (sulfide) groups is 1. The molecule has 0 aliphatic carbocycles. The van der Waals surface area contributed by atoms with Crippen molar-refractivity contribution >= 4 is 23.4 Å². The number of amides is 1. The SMILES string of the molecule is CCn1c(SCC(=O)Nc2cccc(C(F)(F)F)c2)nnc1C(C)Oc1cc(C)cc(C)c1. The summed E-state index contributed by atoms with van der Waals surface area (Å²) in [7, 11) is 0. The molecule has 0 radical (unpaired) electrons. The van der Waals surface area contributed by atoms with Crippen LogP contribution in [0.25, 0.3) is 0 Å². The van der Waals surface area contributed by atoms with Crippen LogP contribution in [-0.4, -0.2) is 26.4 Å². The van der Waals surface area contributed by atoms with Gasteiger partial charge in [-0.15, -0.1) is 10.2 Å². The number of rotatable bonds is 8. The third-order valence-electron chi connectivity index (χ3n) is 4.74. The zero-order chi connectivity index (χ0) is 24.2. The normalized spacial score (nSPS) is 12.5. The van der Waals surface area contributed by atoms with Gasteiger partial charge in [-0.25, -0.2) is 0 Å². The van der Waals surface area contributed by atoms with Gasteiger partial charge in [-0.3, -0.25) is 4.79 Å². The summed E-state index contributed by atoms with van der Waals surface area (Å²) in [6.07, 6.45) is -4.84. The molecule has 1 heterocycles. The summed E-state index contributed by atoms with van der Waals surface area (Å²) < 4.78 is 46.5. The predicted molar refractivity (Wildman–Crippen MR) is 121 cm³/mol. The van der Waals surface area contributed by atoms with Crippen LogP contribution >= 0.6 is 11.8 Å². The first kappa shape index (κ1) is 24.6. The second-order valence-electron chi connectivity index (χ2n) is 7.58. The second kappa shape index (κ2) is 10.3. The summed E-state index contributed by atoms with van der Waals surface area (Å²) in [5, 5.41) is 11.4. The maximum absolute atomic E-state index is 12.9. The van der Waals surface area contributed by atoms with Gasteiger partial charge < -0.3 is 14.6 Å². The quantitative estimate of drug-likeness (QED) is 0.414.